The van der Waals surface area contributed by atoms with Crippen LogP contribution in [-0.2, 0) is 12.5 Å². The maximum absolute atomic E-state index is 11.1. The van der Waals surface area contributed by atoms with Gasteiger partial charge in [-0.2, -0.15) is 0 Å². The van der Waals surface area contributed by atoms with Crippen LogP contribution in [0.5, 0.6) is 5.75 Å². The molecule has 24 heavy (non-hydrogen) atoms. The van der Waals surface area contributed by atoms with Crippen LogP contribution < -0.4 is 4.74 Å². The number of hydrogen-bond donors (Lipinski definition) is 1. The second kappa shape index (κ2) is 7.70. The van der Waals surface area contributed by atoms with Crippen LogP contribution in [0.25, 0.3) is 0 Å². The van der Waals surface area contributed by atoms with Crippen LogP contribution in [0.1, 0.15) is 43.4 Å². The number of thioether (sulfide) groups is 1. The number of aromatic carboxylic acids is 1. The summed E-state index contributed by atoms with van der Waals surface area (Å²) < 4.78 is 7.61. The molecule has 6 nitrogen and oxygen atoms in total. The van der Waals surface area contributed by atoms with Crippen molar-refractivity contribution < 1.29 is 14.6 Å². The van der Waals surface area contributed by atoms with Gasteiger partial charge in [-0.25, -0.2) is 4.79 Å². The predicted octanol–water partition coefficient (Wildman–Crippen LogP) is 3.37. The molecule has 0 aliphatic rings. The molecule has 2 rings (SSSR count). The van der Waals surface area contributed by atoms with Crippen molar-refractivity contribution in [1.29, 1.82) is 0 Å². The molecule has 0 fully saturated rings. The van der Waals surface area contributed by atoms with Gasteiger partial charge in [0.1, 0.15) is 17.1 Å². The third kappa shape index (κ3) is 4.50. The highest BCUT2D eigenvalue weighted by Crippen LogP contribution is 2.24. The second-order valence-electron chi connectivity index (χ2n) is 6.47. The third-order valence-electron chi connectivity index (χ3n) is 3.40. The van der Waals surface area contributed by atoms with Crippen LogP contribution in [0.2, 0.25) is 0 Å². The molecule has 2 aromatic rings. The van der Waals surface area contributed by atoms with E-state index in [1.54, 1.807) is 36.0 Å². The fourth-order valence-corrected chi connectivity index (χ4v) is 3.09. The first-order chi connectivity index (χ1) is 11.3. The van der Waals surface area contributed by atoms with E-state index in [4.69, 9.17) is 9.84 Å². The smallest absolute Gasteiger partial charge is 0.339 e. The molecule has 1 heterocycles. The molecule has 0 aliphatic heterocycles. The highest BCUT2D eigenvalue weighted by atomic mass is 32.2. The fourth-order valence-electron chi connectivity index (χ4n) is 2.27. The number of hydrogen-bond acceptors (Lipinski definition) is 5. The molecule has 0 bridgehead atoms. The number of rotatable bonds is 7. The molecule has 0 unspecified atom stereocenters. The molecule has 0 radical (unpaired) electrons. The lowest BCUT2D eigenvalue weighted by Crippen LogP contribution is -2.17. The summed E-state index contributed by atoms with van der Waals surface area (Å²) >= 11 is 1.62. The number of ether oxygens (including phenoxy) is 1. The number of benzene rings is 1. The SMILES string of the molecule is Cn1c(SCCCOc2ccccc2C(=O)O)nnc1C(C)(C)C. The second-order valence-corrected chi connectivity index (χ2v) is 7.53. The molecule has 0 saturated heterocycles. The minimum atomic E-state index is -0.978. The quantitative estimate of drug-likeness (QED) is 0.610. The van der Waals surface area contributed by atoms with Crippen molar-refractivity contribution in [2.75, 3.05) is 12.4 Å². The zero-order valence-corrected chi connectivity index (χ0v) is 15.3. The Morgan fingerprint density at radius 1 is 1.29 bits per heavy atom. The normalized spacial score (nSPS) is 11.5. The molecule has 1 aromatic carbocycles. The van der Waals surface area contributed by atoms with Gasteiger partial charge in [0.25, 0.3) is 0 Å². The van der Waals surface area contributed by atoms with Crippen LogP contribution >= 0.6 is 11.8 Å². The van der Waals surface area contributed by atoms with Gasteiger partial charge in [0.2, 0.25) is 0 Å². The molecular weight excluding hydrogens is 326 g/mol. The monoisotopic (exact) mass is 349 g/mol. The van der Waals surface area contributed by atoms with Crippen LogP contribution in [0.4, 0.5) is 0 Å². The molecule has 0 saturated carbocycles. The molecule has 0 atom stereocenters. The summed E-state index contributed by atoms with van der Waals surface area (Å²) in [6.07, 6.45) is 0.788. The van der Waals surface area contributed by atoms with E-state index in [1.165, 1.54) is 0 Å². The third-order valence-corrected chi connectivity index (χ3v) is 4.51. The summed E-state index contributed by atoms with van der Waals surface area (Å²) in [5.41, 5.74) is 0.151. The minimum absolute atomic E-state index is 0.0375. The maximum Gasteiger partial charge on any atom is 0.339 e. The van der Waals surface area contributed by atoms with Crippen molar-refractivity contribution in [1.82, 2.24) is 14.8 Å². The van der Waals surface area contributed by atoms with E-state index in [0.29, 0.717) is 12.4 Å². The minimum Gasteiger partial charge on any atom is -0.493 e. The predicted molar refractivity (Wildman–Crippen MR) is 93.9 cm³/mol. The lowest BCUT2D eigenvalue weighted by Gasteiger charge is -2.16. The Morgan fingerprint density at radius 2 is 2.00 bits per heavy atom. The van der Waals surface area contributed by atoms with Crippen LogP contribution in [0.3, 0.4) is 0 Å². The Balaban J connectivity index is 1.82. The summed E-state index contributed by atoms with van der Waals surface area (Å²) in [4.78, 5) is 11.1. The first-order valence-corrected chi connectivity index (χ1v) is 8.77. The van der Waals surface area contributed by atoms with Crippen molar-refractivity contribution in [2.45, 2.75) is 37.8 Å². The Bertz CT molecular complexity index is 707. The fraction of sp³-hybridized carbons (Fsp3) is 0.471. The largest absolute Gasteiger partial charge is 0.493 e. The van der Waals surface area contributed by atoms with Crippen LogP contribution in [0.15, 0.2) is 29.4 Å². The van der Waals surface area contributed by atoms with Gasteiger partial charge in [0, 0.05) is 18.2 Å². The van der Waals surface area contributed by atoms with Crippen molar-refractivity contribution in [3.8, 4) is 5.75 Å². The van der Waals surface area contributed by atoms with Gasteiger partial charge < -0.3 is 14.4 Å². The van der Waals surface area contributed by atoms with E-state index in [1.807, 2.05) is 11.6 Å². The van der Waals surface area contributed by atoms with E-state index in [2.05, 4.69) is 31.0 Å². The van der Waals surface area contributed by atoms with Gasteiger partial charge in [-0.3, -0.25) is 0 Å². The first kappa shape index (κ1) is 18.3. The average molecular weight is 349 g/mol. The Morgan fingerprint density at radius 3 is 2.62 bits per heavy atom. The Kier molecular flexibility index (Phi) is 5.88. The molecule has 0 aliphatic carbocycles. The first-order valence-electron chi connectivity index (χ1n) is 7.78. The van der Waals surface area contributed by atoms with Gasteiger partial charge in [-0.05, 0) is 18.6 Å². The number of carbonyl (C=O) groups is 1. The van der Waals surface area contributed by atoms with E-state index >= 15 is 0 Å². The lowest BCUT2D eigenvalue weighted by atomic mass is 9.96. The van der Waals surface area contributed by atoms with Gasteiger partial charge in [0.15, 0.2) is 5.16 Å². The van der Waals surface area contributed by atoms with Crippen LogP contribution in [-0.4, -0.2) is 38.2 Å². The van der Waals surface area contributed by atoms with Crippen molar-refractivity contribution in [3.05, 3.63) is 35.7 Å². The van der Waals surface area contributed by atoms with Crippen molar-refractivity contribution >= 4 is 17.7 Å². The van der Waals surface area contributed by atoms with E-state index in [0.717, 1.165) is 23.2 Å². The number of carboxylic acid groups (broad SMARTS) is 1. The number of carboxylic acids is 1. The molecular formula is C17H23N3O3S. The summed E-state index contributed by atoms with van der Waals surface area (Å²) in [6.45, 7) is 6.79. The molecule has 0 spiro atoms. The van der Waals surface area contributed by atoms with Gasteiger partial charge in [-0.1, -0.05) is 44.7 Å². The Hall–Kier alpha value is -2.02. The average Bonchev–Trinajstić information content (AvgIpc) is 2.88. The molecule has 1 aromatic heterocycles. The summed E-state index contributed by atoms with van der Waals surface area (Å²) in [6, 6.07) is 6.67. The van der Waals surface area contributed by atoms with Crippen LogP contribution in [0, 0.1) is 0 Å². The number of aromatic nitrogens is 3. The molecule has 130 valence electrons. The van der Waals surface area contributed by atoms with Crippen molar-refractivity contribution in [3.63, 3.8) is 0 Å². The summed E-state index contributed by atoms with van der Waals surface area (Å²) in [5, 5.41) is 18.5. The van der Waals surface area contributed by atoms with Gasteiger partial charge in [-0.15, -0.1) is 10.2 Å². The summed E-state index contributed by atoms with van der Waals surface area (Å²) in [7, 11) is 1.97. The highest BCUT2D eigenvalue weighted by Gasteiger charge is 2.21. The standard InChI is InChI=1S/C17H23N3O3S/c1-17(2,3)15-18-19-16(20(15)4)24-11-7-10-23-13-9-6-5-8-12(13)14(21)22/h5-6,8-9H,7,10-11H2,1-4H3,(H,21,22). The van der Waals surface area contributed by atoms with E-state index in [-0.39, 0.29) is 11.0 Å². The Labute approximate surface area is 146 Å². The zero-order valence-electron chi connectivity index (χ0n) is 14.4. The van der Waals surface area contributed by atoms with Gasteiger partial charge in [0.05, 0.1) is 6.61 Å². The lowest BCUT2D eigenvalue weighted by molar-refractivity contribution is 0.0692. The number of para-hydroxylation sites is 1. The summed E-state index contributed by atoms with van der Waals surface area (Å²) in [5.74, 6) is 1.21. The van der Waals surface area contributed by atoms with Gasteiger partial charge >= 0.3 is 5.97 Å². The maximum atomic E-state index is 11.1. The molecule has 7 heteroatoms. The zero-order chi connectivity index (χ0) is 17.7. The highest BCUT2D eigenvalue weighted by molar-refractivity contribution is 7.99. The number of nitrogens with zero attached hydrogens (tertiary/aromatic N) is 3. The van der Waals surface area contributed by atoms with E-state index in [9.17, 15) is 4.79 Å². The topological polar surface area (TPSA) is 77.2 Å². The molecule has 1 N–H and O–H groups in total. The van der Waals surface area contributed by atoms with E-state index < -0.39 is 5.97 Å². The molecule has 0 amide bonds. The van der Waals surface area contributed by atoms with Crippen molar-refractivity contribution in [2.24, 2.45) is 7.05 Å².